The Morgan fingerprint density at radius 2 is 1.83 bits per heavy atom. The van der Waals surface area contributed by atoms with E-state index in [2.05, 4.69) is 0 Å². The topological polar surface area (TPSA) is 29.3 Å². The minimum atomic E-state index is -4.10. The second-order valence-corrected chi connectivity index (χ2v) is 5.98. The van der Waals surface area contributed by atoms with Gasteiger partial charge in [0.1, 0.15) is 0 Å². The van der Waals surface area contributed by atoms with E-state index in [0.717, 1.165) is 19.3 Å². The Balaban J connectivity index is 2.45. The van der Waals surface area contributed by atoms with Crippen molar-refractivity contribution in [2.75, 3.05) is 26.2 Å². The lowest BCUT2D eigenvalue weighted by Gasteiger charge is -2.28. The van der Waals surface area contributed by atoms with Gasteiger partial charge in [0, 0.05) is 13.1 Å². The third kappa shape index (κ3) is 6.05. The van der Waals surface area contributed by atoms with Gasteiger partial charge in [-0.3, -0.25) is 4.90 Å². The summed E-state index contributed by atoms with van der Waals surface area (Å²) in [6.07, 6.45) is -1.01. The van der Waals surface area contributed by atoms with Gasteiger partial charge in [-0.25, -0.2) is 0 Å². The molecule has 0 amide bonds. The minimum absolute atomic E-state index is 0.263. The Bertz CT molecular complexity index is 241. The van der Waals surface area contributed by atoms with Crippen LogP contribution in [-0.2, 0) is 0 Å². The van der Waals surface area contributed by atoms with Crippen molar-refractivity contribution < 1.29 is 13.2 Å². The largest absolute Gasteiger partial charge is 0.401 e. The van der Waals surface area contributed by atoms with Gasteiger partial charge in [0.15, 0.2) is 0 Å². The van der Waals surface area contributed by atoms with Gasteiger partial charge in [0.05, 0.1) is 6.54 Å². The molecule has 2 atom stereocenters. The molecule has 5 heteroatoms. The van der Waals surface area contributed by atoms with E-state index >= 15 is 0 Å². The van der Waals surface area contributed by atoms with Crippen LogP contribution in [0.1, 0.15) is 33.1 Å². The number of alkyl halides is 3. The highest BCUT2D eigenvalue weighted by Gasteiger charge is 2.33. The molecule has 108 valence electrons. The van der Waals surface area contributed by atoms with Gasteiger partial charge in [-0.1, -0.05) is 13.8 Å². The summed E-state index contributed by atoms with van der Waals surface area (Å²) in [5, 5.41) is 0. The van der Waals surface area contributed by atoms with Crippen molar-refractivity contribution in [3.05, 3.63) is 0 Å². The van der Waals surface area contributed by atoms with Crippen LogP contribution in [0.25, 0.3) is 0 Å². The van der Waals surface area contributed by atoms with Gasteiger partial charge in [-0.15, -0.1) is 0 Å². The molecule has 0 heterocycles. The summed E-state index contributed by atoms with van der Waals surface area (Å²) in [5.74, 6) is 1.17. The predicted octanol–water partition coefficient (Wildman–Crippen LogP) is 2.88. The lowest BCUT2D eigenvalue weighted by Crippen LogP contribution is -2.39. The first-order valence-electron chi connectivity index (χ1n) is 6.79. The summed E-state index contributed by atoms with van der Waals surface area (Å²) in [7, 11) is 0. The van der Waals surface area contributed by atoms with Crippen LogP contribution in [0.3, 0.4) is 0 Å². The Labute approximate surface area is 108 Å². The highest BCUT2D eigenvalue weighted by atomic mass is 19.4. The third-order valence-corrected chi connectivity index (χ3v) is 3.53. The quantitative estimate of drug-likeness (QED) is 0.801. The van der Waals surface area contributed by atoms with E-state index in [1.165, 1.54) is 0 Å². The van der Waals surface area contributed by atoms with Crippen molar-refractivity contribution in [1.82, 2.24) is 4.90 Å². The molecule has 0 bridgehead atoms. The molecular weight excluding hydrogens is 241 g/mol. The molecule has 1 saturated carbocycles. The van der Waals surface area contributed by atoms with Gasteiger partial charge in [0.25, 0.3) is 0 Å². The highest BCUT2D eigenvalue weighted by Crippen LogP contribution is 2.31. The van der Waals surface area contributed by atoms with Crippen molar-refractivity contribution in [2.24, 2.45) is 23.5 Å². The van der Waals surface area contributed by atoms with Crippen LogP contribution in [0.2, 0.25) is 0 Å². The molecule has 1 rings (SSSR count). The van der Waals surface area contributed by atoms with E-state index < -0.39 is 12.7 Å². The molecule has 0 aliphatic heterocycles. The van der Waals surface area contributed by atoms with Crippen molar-refractivity contribution in [3.63, 3.8) is 0 Å². The van der Waals surface area contributed by atoms with E-state index in [1.807, 2.05) is 13.8 Å². The van der Waals surface area contributed by atoms with Crippen LogP contribution in [-0.4, -0.2) is 37.3 Å². The van der Waals surface area contributed by atoms with Crippen LogP contribution in [0.15, 0.2) is 0 Å². The average Bonchev–Trinajstić information content (AvgIpc) is 2.61. The molecule has 18 heavy (non-hydrogen) atoms. The zero-order valence-corrected chi connectivity index (χ0v) is 11.3. The number of nitrogens with two attached hydrogens (primary N) is 1. The maximum Gasteiger partial charge on any atom is 0.401 e. The summed E-state index contributed by atoms with van der Waals surface area (Å²) < 4.78 is 37.5. The molecule has 0 aromatic rings. The van der Waals surface area contributed by atoms with Crippen LogP contribution < -0.4 is 5.73 Å². The molecule has 0 saturated heterocycles. The first kappa shape index (κ1) is 15.8. The Morgan fingerprint density at radius 3 is 2.28 bits per heavy atom. The van der Waals surface area contributed by atoms with Crippen molar-refractivity contribution in [2.45, 2.75) is 39.3 Å². The Hall–Kier alpha value is -0.290. The maximum absolute atomic E-state index is 12.5. The predicted molar refractivity (Wildman–Crippen MR) is 67.2 cm³/mol. The number of nitrogens with zero attached hydrogens (tertiary/aromatic N) is 1. The molecule has 0 radical (unpaired) electrons. The SMILES string of the molecule is CC(C)CN(CC1CCC(CN)C1)CC(F)(F)F. The molecular formula is C13H25F3N2. The molecule has 2 unspecified atom stereocenters. The fraction of sp³-hybridized carbons (Fsp3) is 1.00. The molecule has 1 fully saturated rings. The van der Waals surface area contributed by atoms with Gasteiger partial charge < -0.3 is 5.73 Å². The standard InChI is InChI=1S/C13H25F3N2/c1-10(2)7-18(9-13(14,15)16)8-12-4-3-11(5-12)6-17/h10-12H,3-9,17H2,1-2H3. The molecule has 1 aliphatic rings. The smallest absolute Gasteiger partial charge is 0.330 e. The Morgan fingerprint density at radius 1 is 1.22 bits per heavy atom. The zero-order chi connectivity index (χ0) is 13.8. The summed E-state index contributed by atoms with van der Waals surface area (Å²) in [6.45, 7) is 4.88. The van der Waals surface area contributed by atoms with Crippen molar-refractivity contribution >= 4 is 0 Å². The molecule has 2 N–H and O–H groups in total. The second-order valence-electron chi connectivity index (χ2n) is 5.98. The highest BCUT2D eigenvalue weighted by molar-refractivity contribution is 4.79. The molecule has 2 nitrogen and oxygen atoms in total. The van der Waals surface area contributed by atoms with Gasteiger partial charge >= 0.3 is 6.18 Å². The number of rotatable bonds is 6. The zero-order valence-electron chi connectivity index (χ0n) is 11.3. The van der Waals surface area contributed by atoms with Crippen LogP contribution in [0.4, 0.5) is 13.2 Å². The van der Waals surface area contributed by atoms with E-state index in [-0.39, 0.29) is 5.92 Å². The van der Waals surface area contributed by atoms with Gasteiger partial charge in [-0.2, -0.15) is 13.2 Å². The van der Waals surface area contributed by atoms with E-state index in [1.54, 1.807) is 4.90 Å². The van der Waals surface area contributed by atoms with E-state index in [4.69, 9.17) is 5.73 Å². The number of hydrogen-bond acceptors (Lipinski definition) is 2. The monoisotopic (exact) mass is 266 g/mol. The van der Waals surface area contributed by atoms with Gasteiger partial charge in [0.2, 0.25) is 0 Å². The number of hydrogen-bond donors (Lipinski definition) is 1. The van der Waals surface area contributed by atoms with Crippen LogP contribution in [0, 0.1) is 17.8 Å². The maximum atomic E-state index is 12.5. The molecule has 1 aliphatic carbocycles. The minimum Gasteiger partial charge on any atom is -0.330 e. The lowest BCUT2D eigenvalue weighted by molar-refractivity contribution is -0.148. The first-order valence-corrected chi connectivity index (χ1v) is 6.79. The van der Waals surface area contributed by atoms with E-state index in [0.29, 0.717) is 31.5 Å². The second kappa shape index (κ2) is 6.75. The van der Waals surface area contributed by atoms with Crippen molar-refractivity contribution in [3.8, 4) is 0 Å². The molecule has 0 aromatic heterocycles. The third-order valence-electron chi connectivity index (χ3n) is 3.53. The number of halogens is 3. The van der Waals surface area contributed by atoms with Crippen molar-refractivity contribution in [1.29, 1.82) is 0 Å². The fourth-order valence-electron chi connectivity index (χ4n) is 2.90. The lowest BCUT2D eigenvalue weighted by atomic mass is 10.0. The molecule has 0 aromatic carbocycles. The average molecular weight is 266 g/mol. The normalized spacial score (nSPS) is 25.3. The summed E-state index contributed by atoms with van der Waals surface area (Å²) >= 11 is 0. The summed E-state index contributed by atoms with van der Waals surface area (Å²) in [4.78, 5) is 1.56. The van der Waals surface area contributed by atoms with Crippen LogP contribution >= 0.6 is 0 Å². The molecule has 0 spiro atoms. The van der Waals surface area contributed by atoms with Crippen LogP contribution in [0.5, 0.6) is 0 Å². The Kier molecular flexibility index (Phi) is 5.92. The van der Waals surface area contributed by atoms with E-state index in [9.17, 15) is 13.2 Å². The summed E-state index contributed by atoms with van der Waals surface area (Å²) in [5.41, 5.74) is 5.62. The fourth-order valence-corrected chi connectivity index (χ4v) is 2.90. The summed E-state index contributed by atoms with van der Waals surface area (Å²) in [6, 6.07) is 0. The van der Waals surface area contributed by atoms with Gasteiger partial charge in [-0.05, 0) is 43.6 Å². The first-order chi connectivity index (χ1) is 8.30.